The van der Waals surface area contributed by atoms with Crippen molar-refractivity contribution >= 4 is 51.7 Å². The van der Waals surface area contributed by atoms with Crippen molar-refractivity contribution in [3.63, 3.8) is 0 Å². The van der Waals surface area contributed by atoms with Gasteiger partial charge in [-0.15, -0.1) is 0 Å². The molecule has 0 saturated heterocycles. The summed E-state index contributed by atoms with van der Waals surface area (Å²) in [6.45, 7) is 2.33. The number of nitrogens with one attached hydrogen (secondary N) is 1. The van der Waals surface area contributed by atoms with Crippen LogP contribution in [0.2, 0.25) is 10.0 Å². The third-order valence-electron chi connectivity index (χ3n) is 2.42. The number of methoxy groups -OCH3 is 1. The predicted molar refractivity (Wildman–Crippen MR) is 78.6 cm³/mol. The molecule has 2 rings (SSSR count). The van der Waals surface area contributed by atoms with Gasteiger partial charge in [-0.1, -0.05) is 23.2 Å². The molecule has 8 heteroatoms. The van der Waals surface area contributed by atoms with E-state index in [-0.39, 0.29) is 0 Å². The van der Waals surface area contributed by atoms with Crippen LogP contribution in [0.3, 0.4) is 0 Å². The molecule has 0 aliphatic rings. The highest BCUT2D eigenvalue weighted by atomic mass is 35.5. The minimum atomic E-state index is 0.510. The highest BCUT2D eigenvalue weighted by Gasteiger charge is 2.13. The maximum Gasteiger partial charge on any atom is 0.130 e. The summed E-state index contributed by atoms with van der Waals surface area (Å²) in [6, 6.07) is 1.67. The van der Waals surface area contributed by atoms with Crippen molar-refractivity contribution in [3.8, 4) is 0 Å². The van der Waals surface area contributed by atoms with E-state index in [1.165, 1.54) is 0 Å². The molecule has 0 unspecified atom stereocenters. The standard InChI is InChI=1S/C11H13Cl2N3O2S/c1-17-4-5-18-3-2-14-9-7(12)6-8(13)10-11(9)16-19-15-10/h6,14H,2-5H2,1H3. The van der Waals surface area contributed by atoms with E-state index in [9.17, 15) is 0 Å². The number of fused-ring (bicyclic) bond motifs is 1. The summed E-state index contributed by atoms with van der Waals surface area (Å²) in [6.07, 6.45) is 0. The zero-order chi connectivity index (χ0) is 13.7. The van der Waals surface area contributed by atoms with E-state index in [1.807, 2.05) is 0 Å². The molecule has 19 heavy (non-hydrogen) atoms. The van der Waals surface area contributed by atoms with E-state index in [0.29, 0.717) is 47.4 Å². The molecule has 0 radical (unpaired) electrons. The highest BCUT2D eigenvalue weighted by molar-refractivity contribution is 7.00. The van der Waals surface area contributed by atoms with E-state index in [4.69, 9.17) is 32.7 Å². The Morgan fingerprint density at radius 2 is 1.95 bits per heavy atom. The Morgan fingerprint density at radius 3 is 2.74 bits per heavy atom. The van der Waals surface area contributed by atoms with Crippen molar-refractivity contribution in [1.29, 1.82) is 0 Å². The molecule has 1 aromatic carbocycles. The number of benzene rings is 1. The smallest absolute Gasteiger partial charge is 0.130 e. The molecule has 1 aromatic heterocycles. The summed E-state index contributed by atoms with van der Waals surface area (Å²) in [5, 5.41) is 4.23. The minimum Gasteiger partial charge on any atom is -0.382 e. The lowest BCUT2D eigenvalue weighted by molar-refractivity contribution is 0.0759. The second-order valence-corrected chi connectivity index (χ2v) is 5.05. The van der Waals surface area contributed by atoms with Crippen molar-refractivity contribution in [1.82, 2.24) is 8.75 Å². The SMILES string of the molecule is COCCOCCNc1c(Cl)cc(Cl)c2nsnc12. The molecule has 0 atom stereocenters. The molecule has 1 N–H and O–H groups in total. The number of anilines is 1. The topological polar surface area (TPSA) is 56.3 Å². The molecule has 0 bridgehead atoms. The van der Waals surface area contributed by atoms with E-state index in [0.717, 1.165) is 17.4 Å². The number of ether oxygens (including phenoxy) is 2. The Bertz CT molecular complexity index is 550. The Balaban J connectivity index is 1.98. The lowest BCUT2D eigenvalue weighted by Gasteiger charge is -2.09. The van der Waals surface area contributed by atoms with Crippen LogP contribution in [-0.4, -0.2) is 42.2 Å². The molecule has 0 saturated carbocycles. The highest BCUT2D eigenvalue weighted by Crippen LogP contribution is 2.34. The van der Waals surface area contributed by atoms with Gasteiger partial charge in [-0.25, -0.2) is 0 Å². The molecule has 104 valence electrons. The molecule has 0 amide bonds. The van der Waals surface area contributed by atoms with Gasteiger partial charge in [0.05, 0.1) is 47.3 Å². The van der Waals surface area contributed by atoms with Crippen LogP contribution >= 0.6 is 34.9 Å². The number of hydrogen-bond donors (Lipinski definition) is 1. The largest absolute Gasteiger partial charge is 0.382 e. The summed E-state index contributed by atoms with van der Waals surface area (Å²) in [5.41, 5.74) is 2.10. The summed E-state index contributed by atoms with van der Waals surface area (Å²) in [7, 11) is 1.64. The summed E-state index contributed by atoms with van der Waals surface area (Å²) < 4.78 is 18.6. The van der Waals surface area contributed by atoms with Gasteiger partial charge < -0.3 is 14.8 Å². The Morgan fingerprint density at radius 1 is 1.16 bits per heavy atom. The summed E-state index contributed by atoms with van der Waals surface area (Å²) >= 11 is 13.3. The van der Waals surface area contributed by atoms with Crippen LogP contribution in [0.25, 0.3) is 11.0 Å². The van der Waals surface area contributed by atoms with Gasteiger partial charge in [0.25, 0.3) is 0 Å². The van der Waals surface area contributed by atoms with Crippen LogP contribution in [-0.2, 0) is 9.47 Å². The zero-order valence-electron chi connectivity index (χ0n) is 10.3. The number of hydrogen-bond acceptors (Lipinski definition) is 6. The van der Waals surface area contributed by atoms with Gasteiger partial charge in [0, 0.05) is 13.7 Å². The third kappa shape index (κ3) is 3.67. The van der Waals surface area contributed by atoms with Crippen molar-refractivity contribution < 1.29 is 9.47 Å². The quantitative estimate of drug-likeness (QED) is 0.794. The van der Waals surface area contributed by atoms with Gasteiger partial charge in [-0.2, -0.15) is 8.75 Å². The fourth-order valence-corrected chi connectivity index (χ4v) is 2.71. The van der Waals surface area contributed by atoms with Gasteiger partial charge in [-0.05, 0) is 6.07 Å². The molecule has 5 nitrogen and oxygen atoms in total. The second kappa shape index (κ2) is 7.21. The average molecular weight is 322 g/mol. The second-order valence-electron chi connectivity index (χ2n) is 3.71. The molecular formula is C11H13Cl2N3O2S. The molecule has 0 aliphatic carbocycles. The predicted octanol–water partition coefficient (Wildman–Crippen LogP) is 3.07. The van der Waals surface area contributed by atoms with Crippen LogP contribution in [0.4, 0.5) is 5.69 Å². The first-order valence-electron chi connectivity index (χ1n) is 5.65. The number of rotatable bonds is 7. The maximum atomic E-state index is 6.16. The molecule has 1 heterocycles. The van der Waals surface area contributed by atoms with Gasteiger partial charge in [0.2, 0.25) is 0 Å². The van der Waals surface area contributed by atoms with Crippen molar-refractivity contribution in [2.24, 2.45) is 0 Å². The van der Waals surface area contributed by atoms with E-state index < -0.39 is 0 Å². The van der Waals surface area contributed by atoms with E-state index in [2.05, 4.69) is 14.1 Å². The number of nitrogens with zero attached hydrogens (tertiary/aromatic N) is 2. The molecular weight excluding hydrogens is 309 g/mol. The van der Waals surface area contributed by atoms with Crippen molar-refractivity contribution in [2.45, 2.75) is 0 Å². The van der Waals surface area contributed by atoms with Crippen LogP contribution in [0.1, 0.15) is 0 Å². The van der Waals surface area contributed by atoms with Crippen molar-refractivity contribution in [2.75, 3.05) is 38.8 Å². The number of aromatic nitrogens is 2. The summed E-state index contributed by atoms with van der Waals surface area (Å²) in [5.74, 6) is 0. The van der Waals surface area contributed by atoms with Gasteiger partial charge in [-0.3, -0.25) is 0 Å². The van der Waals surface area contributed by atoms with Gasteiger partial charge in [0.15, 0.2) is 0 Å². The average Bonchev–Trinajstić information content (AvgIpc) is 2.86. The lowest BCUT2D eigenvalue weighted by Crippen LogP contribution is -2.12. The maximum absolute atomic E-state index is 6.16. The lowest BCUT2D eigenvalue weighted by atomic mass is 10.2. The summed E-state index contributed by atoms with van der Waals surface area (Å²) in [4.78, 5) is 0. The first-order chi connectivity index (χ1) is 9.24. The Hall–Kier alpha value is -0.660. The normalized spacial score (nSPS) is 11.1. The van der Waals surface area contributed by atoms with Crippen LogP contribution in [0.5, 0.6) is 0 Å². The van der Waals surface area contributed by atoms with Crippen LogP contribution in [0, 0.1) is 0 Å². The van der Waals surface area contributed by atoms with Crippen LogP contribution < -0.4 is 5.32 Å². The monoisotopic (exact) mass is 321 g/mol. The molecule has 0 fully saturated rings. The number of halogens is 2. The third-order valence-corrected chi connectivity index (χ3v) is 3.54. The van der Waals surface area contributed by atoms with E-state index >= 15 is 0 Å². The fourth-order valence-electron chi connectivity index (χ4n) is 1.53. The Kier molecular flexibility index (Phi) is 5.59. The zero-order valence-corrected chi connectivity index (χ0v) is 12.6. The molecule has 0 aliphatic heterocycles. The van der Waals surface area contributed by atoms with Gasteiger partial charge >= 0.3 is 0 Å². The fraction of sp³-hybridized carbons (Fsp3) is 0.455. The van der Waals surface area contributed by atoms with E-state index in [1.54, 1.807) is 13.2 Å². The van der Waals surface area contributed by atoms with Crippen molar-refractivity contribution in [3.05, 3.63) is 16.1 Å². The minimum absolute atomic E-state index is 0.510. The Labute approximate surface area is 125 Å². The van der Waals surface area contributed by atoms with Gasteiger partial charge in [0.1, 0.15) is 11.0 Å². The van der Waals surface area contributed by atoms with Crippen LogP contribution in [0.15, 0.2) is 6.07 Å². The first-order valence-corrected chi connectivity index (χ1v) is 7.13. The first kappa shape index (κ1) is 14.7. The molecule has 0 spiro atoms. The molecule has 2 aromatic rings.